The van der Waals surface area contributed by atoms with Gasteiger partial charge in [-0.2, -0.15) is 0 Å². The largest absolute Gasteiger partial charge is 0.458 e. The molecular formula is C22H20N2O4. The van der Waals surface area contributed by atoms with Gasteiger partial charge in [0, 0.05) is 16.5 Å². The van der Waals surface area contributed by atoms with E-state index in [0.29, 0.717) is 17.7 Å². The molecule has 0 aliphatic carbocycles. The average Bonchev–Trinajstić information content (AvgIpc) is 3.01. The van der Waals surface area contributed by atoms with E-state index in [0.717, 1.165) is 27.9 Å². The van der Waals surface area contributed by atoms with Gasteiger partial charge in [-0.1, -0.05) is 18.2 Å². The number of para-hydroxylation sites is 1. The topological polar surface area (TPSA) is 70.4 Å². The molecule has 0 unspecified atom stereocenters. The minimum absolute atomic E-state index is 0.0317. The predicted octanol–water partition coefficient (Wildman–Crippen LogP) is 3.12. The number of rotatable bonds is 2. The van der Waals surface area contributed by atoms with E-state index in [2.05, 4.69) is 6.07 Å². The lowest BCUT2D eigenvalue weighted by Gasteiger charge is -2.35. The Bertz CT molecular complexity index is 1210. The second-order valence-corrected chi connectivity index (χ2v) is 7.78. The second-order valence-electron chi connectivity index (χ2n) is 7.78. The van der Waals surface area contributed by atoms with Gasteiger partial charge in [0.05, 0.1) is 35.1 Å². The third-order valence-corrected chi connectivity index (χ3v) is 5.50. The summed E-state index contributed by atoms with van der Waals surface area (Å²) in [6.45, 7) is 5.82. The van der Waals surface area contributed by atoms with Crippen molar-refractivity contribution in [3.8, 4) is 11.4 Å². The Balaban J connectivity index is 1.77. The molecule has 0 bridgehead atoms. The van der Waals surface area contributed by atoms with E-state index in [1.807, 2.05) is 44.2 Å². The third kappa shape index (κ3) is 2.27. The number of pyridine rings is 2. The van der Waals surface area contributed by atoms with Crippen LogP contribution in [0.4, 0.5) is 0 Å². The van der Waals surface area contributed by atoms with Crippen molar-refractivity contribution >= 4 is 16.9 Å². The van der Waals surface area contributed by atoms with E-state index < -0.39 is 11.6 Å². The van der Waals surface area contributed by atoms with Crippen LogP contribution in [0.1, 0.15) is 37.5 Å². The summed E-state index contributed by atoms with van der Waals surface area (Å²) in [5, 5.41) is 1.04. The maximum atomic E-state index is 13.2. The highest BCUT2D eigenvalue weighted by Crippen LogP contribution is 2.39. The Morgan fingerprint density at radius 1 is 1.21 bits per heavy atom. The molecule has 3 aromatic rings. The van der Waals surface area contributed by atoms with Gasteiger partial charge < -0.3 is 14.0 Å². The minimum Gasteiger partial charge on any atom is -0.458 e. The lowest BCUT2D eigenvalue weighted by Crippen LogP contribution is -2.45. The van der Waals surface area contributed by atoms with Crippen LogP contribution >= 0.6 is 0 Å². The van der Waals surface area contributed by atoms with Gasteiger partial charge in [-0.3, -0.25) is 4.79 Å². The maximum absolute atomic E-state index is 13.2. The summed E-state index contributed by atoms with van der Waals surface area (Å²) < 4.78 is 13.0. The minimum atomic E-state index is -1.31. The summed E-state index contributed by atoms with van der Waals surface area (Å²) in [5.41, 5.74) is 2.97. The van der Waals surface area contributed by atoms with Crippen LogP contribution in [-0.2, 0) is 33.0 Å². The molecule has 0 amide bonds. The molecular weight excluding hydrogens is 356 g/mol. The van der Waals surface area contributed by atoms with E-state index in [4.69, 9.17) is 14.5 Å². The second kappa shape index (κ2) is 5.75. The van der Waals surface area contributed by atoms with Gasteiger partial charge in [0.15, 0.2) is 5.60 Å². The zero-order valence-electron chi connectivity index (χ0n) is 16.0. The Labute approximate surface area is 161 Å². The van der Waals surface area contributed by atoms with Gasteiger partial charge in [-0.25, -0.2) is 9.78 Å². The first-order valence-corrected chi connectivity index (χ1v) is 9.40. The average molecular weight is 376 g/mol. The Hall–Kier alpha value is -2.99. The highest BCUT2D eigenvalue weighted by molar-refractivity contribution is 5.86. The van der Waals surface area contributed by atoms with Crippen molar-refractivity contribution in [2.45, 2.75) is 45.6 Å². The van der Waals surface area contributed by atoms with Crippen LogP contribution in [0.25, 0.3) is 22.3 Å². The molecule has 142 valence electrons. The molecule has 0 saturated heterocycles. The third-order valence-electron chi connectivity index (χ3n) is 5.50. The van der Waals surface area contributed by atoms with Crippen molar-refractivity contribution < 1.29 is 14.3 Å². The lowest BCUT2D eigenvalue weighted by molar-refractivity contribution is -0.183. The molecule has 0 fully saturated rings. The molecule has 0 radical (unpaired) electrons. The Kier molecular flexibility index (Phi) is 3.52. The van der Waals surface area contributed by atoms with Crippen LogP contribution in [0.3, 0.4) is 0 Å². The monoisotopic (exact) mass is 376 g/mol. The van der Waals surface area contributed by atoms with Crippen molar-refractivity contribution in [1.29, 1.82) is 0 Å². The summed E-state index contributed by atoms with van der Waals surface area (Å²) in [6.07, 6.45) is -0.200. The molecule has 6 nitrogen and oxygen atoms in total. The van der Waals surface area contributed by atoms with E-state index >= 15 is 0 Å². The molecule has 5 rings (SSSR count). The van der Waals surface area contributed by atoms with Gasteiger partial charge in [0.25, 0.3) is 5.56 Å². The molecule has 6 heteroatoms. The number of benzene rings is 1. The van der Waals surface area contributed by atoms with Crippen molar-refractivity contribution in [2.75, 3.05) is 0 Å². The van der Waals surface area contributed by atoms with Crippen molar-refractivity contribution in [3.05, 3.63) is 63.4 Å². The molecule has 2 aliphatic rings. The molecule has 4 heterocycles. The number of esters is 1. The van der Waals surface area contributed by atoms with Gasteiger partial charge in [-0.05, 0) is 39.0 Å². The summed E-state index contributed by atoms with van der Waals surface area (Å²) in [7, 11) is 0. The van der Waals surface area contributed by atoms with Crippen LogP contribution < -0.4 is 5.56 Å². The number of aromatic nitrogens is 2. The fraction of sp³-hybridized carbons (Fsp3) is 0.318. The van der Waals surface area contributed by atoms with Gasteiger partial charge >= 0.3 is 5.97 Å². The molecule has 28 heavy (non-hydrogen) atoms. The molecule has 1 aromatic carbocycles. The van der Waals surface area contributed by atoms with E-state index in [1.54, 1.807) is 11.5 Å². The fourth-order valence-corrected chi connectivity index (χ4v) is 4.25. The normalized spacial score (nSPS) is 20.1. The zero-order chi connectivity index (χ0) is 19.6. The molecule has 0 spiro atoms. The predicted molar refractivity (Wildman–Crippen MR) is 104 cm³/mol. The first-order valence-electron chi connectivity index (χ1n) is 9.40. The van der Waals surface area contributed by atoms with Crippen LogP contribution in [0, 0.1) is 0 Å². The van der Waals surface area contributed by atoms with Crippen LogP contribution in [0.15, 0.2) is 41.2 Å². The number of hydrogen-bond donors (Lipinski definition) is 0. The zero-order valence-corrected chi connectivity index (χ0v) is 16.0. The standard InChI is InChI=1S/C22H20N2O4/c1-12(2)28-22(3)16-9-18-19-14(8-13-6-4-5-7-17(13)23-19)10-24(18)20(25)15(16)11-27-21(22)26/h4-9,12H,10-11H2,1-3H3/t22-/m0/s1. The summed E-state index contributed by atoms with van der Waals surface area (Å²) in [6, 6.07) is 11.8. The van der Waals surface area contributed by atoms with Crippen LogP contribution in [0.2, 0.25) is 0 Å². The van der Waals surface area contributed by atoms with Crippen molar-refractivity contribution in [3.63, 3.8) is 0 Å². The van der Waals surface area contributed by atoms with Gasteiger partial charge in [0.1, 0.15) is 6.61 Å². The quantitative estimate of drug-likeness (QED) is 0.503. The number of nitrogens with zero attached hydrogens (tertiary/aromatic N) is 2. The summed E-state index contributed by atoms with van der Waals surface area (Å²) >= 11 is 0. The van der Waals surface area contributed by atoms with E-state index in [-0.39, 0.29) is 18.3 Å². The lowest BCUT2D eigenvalue weighted by atomic mass is 9.89. The number of hydrogen-bond acceptors (Lipinski definition) is 5. The molecule has 0 saturated carbocycles. The molecule has 0 N–H and O–H groups in total. The number of carbonyl (C=O) groups is 1. The Morgan fingerprint density at radius 3 is 2.79 bits per heavy atom. The first-order chi connectivity index (χ1) is 13.4. The van der Waals surface area contributed by atoms with Crippen molar-refractivity contribution in [2.24, 2.45) is 0 Å². The molecule has 1 atom stereocenters. The number of fused-ring (bicyclic) bond motifs is 5. The Morgan fingerprint density at radius 2 is 2.00 bits per heavy atom. The molecule has 2 aliphatic heterocycles. The van der Waals surface area contributed by atoms with E-state index in [1.165, 1.54) is 0 Å². The van der Waals surface area contributed by atoms with Crippen molar-refractivity contribution in [1.82, 2.24) is 9.55 Å². The fourth-order valence-electron chi connectivity index (χ4n) is 4.25. The van der Waals surface area contributed by atoms with Crippen LogP contribution in [-0.4, -0.2) is 21.6 Å². The van der Waals surface area contributed by atoms with E-state index in [9.17, 15) is 9.59 Å². The SMILES string of the molecule is CC(C)O[C@]1(C)C(=O)OCc2c1cc1n(c2=O)Cc2cc3ccccc3nc2-1. The number of cyclic esters (lactones) is 1. The first kappa shape index (κ1) is 17.1. The van der Waals surface area contributed by atoms with Gasteiger partial charge in [-0.15, -0.1) is 0 Å². The highest BCUT2D eigenvalue weighted by atomic mass is 16.6. The summed E-state index contributed by atoms with van der Waals surface area (Å²) in [5.74, 6) is -0.470. The number of carbonyl (C=O) groups excluding carboxylic acids is 1. The molecule has 2 aromatic heterocycles. The van der Waals surface area contributed by atoms with Crippen LogP contribution in [0.5, 0.6) is 0 Å². The summed E-state index contributed by atoms with van der Waals surface area (Å²) in [4.78, 5) is 30.6. The van der Waals surface area contributed by atoms with Gasteiger partial charge in [0.2, 0.25) is 0 Å². The highest BCUT2D eigenvalue weighted by Gasteiger charge is 2.46. The maximum Gasteiger partial charge on any atom is 0.343 e. The number of ether oxygens (including phenoxy) is 2. The smallest absolute Gasteiger partial charge is 0.343 e.